The van der Waals surface area contributed by atoms with Crippen molar-refractivity contribution in [3.05, 3.63) is 10.5 Å². The normalized spacial score (nSPS) is 18.6. The SMILES string of the molecule is CCn1c(SCC(N)(C#N)C2CC2)n[nH]c1=O. The van der Waals surface area contributed by atoms with Gasteiger partial charge in [-0.25, -0.2) is 9.89 Å². The van der Waals surface area contributed by atoms with Crippen LogP contribution in [0.4, 0.5) is 0 Å². The Balaban J connectivity index is 2.07. The van der Waals surface area contributed by atoms with Gasteiger partial charge in [0.2, 0.25) is 0 Å². The fourth-order valence-electron chi connectivity index (χ4n) is 1.72. The van der Waals surface area contributed by atoms with Crippen LogP contribution in [0.1, 0.15) is 19.8 Å². The molecule has 0 aromatic carbocycles. The second-order valence-electron chi connectivity index (χ2n) is 4.27. The summed E-state index contributed by atoms with van der Waals surface area (Å²) in [5.74, 6) is 0.763. The molecule has 3 N–H and O–H groups in total. The van der Waals surface area contributed by atoms with Gasteiger partial charge in [-0.15, -0.1) is 5.10 Å². The van der Waals surface area contributed by atoms with Crippen molar-refractivity contribution in [1.82, 2.24) is 14.8 Å². The number of aromatic nitrogens is 3. The lowest BCUT2D eigenvalue weighted by atomic mass is 10.00. The summed E-state index contributed by atoms with van der Waals surface area (Å²) in [6.45, 7) is 2.44. The van der Waals surface area contributed by atoms with Gasteiger partial charge in [-0.1, -0.05) is 11.8 Å². The van der Waals surface area contributed by atoms with E-state index in [1.807, 2.05) is 6.92 Å². The number of H-pyrrole nitrogens is 1. The zero-order valence-electron chi connectivity index (χ0n) is 9.64. The second-order valence-corrected chi connectivity index (χ2v) is 5.21. The first-order valence-electron chi connectivity index (χ1n) is 5.59. The number of hydrogen-bond donors (Lipinski definition) is 2. The monoisotopic (exact) mass is 253 g/mol. The number of nitrogens with zero attached hydrogens (tertiary/aromatic N) is 3. The summed E-state index contributed by atoms with van der Waals surface area (Å²) in [6.07, 6.45) is 2.04. The fourth-order valence-corrected chi connectivity index (χ4v) is 2.86. The molecule has 0 bridgehead atoms. The van der Waals surface area contributed by atoms with E-state index in [-0.39, 0.29) is 5.69 Å². The molecule has 1 aromatic rings. The highest BCUT2D eigenvalue weighted by molar-refractivity contribution is 7.99. The maximum Gasteiger partial charge on any atom is 0.343 e. The van der Waals surface area contributed by atoms with Crippen LogP contribution in [0.25, 0.3) is 0 Å². The molecule has 0 radical (unpaired) electrons. The van der Waals surface area contributed by atoms with Crippen molar-refractivity contribution >= 4 is 11.8 Å². The molecule has 1 saturated carbocycles. The molecule has 1 unspecified atom stereocenters. The van der Waals surface area contributed by atoms with Gasteiger partial charge in [0.25, 0.3) is 0 Å². The Morgan fingerprint density at radius 1 is 1.76 bits per heavy atom. The molecule has 1 aliphatic carbocycles. The molecule has 0 spiro atoms. The molecule has 1 fully saturated rings. The van der Waals surface area contributed by atoms with E-state index in [4.69, 9.17) is 11.0 Å². The number of nitrogens with two attached hydrogens (primary N) is 1. The van der Waals surface area contributed by atoms with Gasteiger partial charge in [-0.3, -0.25) is 4.57 Å². The van der Waals surface area contributed by atoms with Gasteiger partial charge in [0.1, 0.15) is 5.54 Å². The van der Waals surface area contributed by atoms with E-state index < -0.39 is 5.54 Å². The third kappa shape index (κ3) is 2.37. The molecule has 0 amide bonds. The van der Waals surface area contributed by atoms with E-state index in [0.29, 0.717) is 23.4 Å². The Labute approximate surface area is 103 Å². The quantitative estimate of drug-likeness (QED) is 0.736. The molecule has 6 nitrogen and oxygen atoms in total. The lowest BCUT2D eigenvalue weighted by molar-refractivity contribution is 0.531. The zero-order chi connectivity index (χ0) is 12.5. The molecule has 1 atom stereocenters. The van der Waals surface area contributed by atoms with Crippen molar-refractivity contribution in [2.24, 2.45) is 11.7 Å². The molecular formula is C10H15N5OS. The molecule has 0 saturated heterocycles. The Morgan fingerprint density at radius 3 is 3.00 bits per heavy atom. The van der Waals surface area contributed by atoms with Crippen LogP contribution in [0.5, 0.6) is 0 Å². The lowest BCUT2D eigenvalue weighted by Gasteiger charge is -2.19. The van der Waals surface area contributed by atoms with Crippen LogP contribution >= 0.6 is 11.8 Å². The highest BCUT2D eigenvalue weighted by Crippen LogP contribution is 2.40. The molecule has 1 aliphatic rings. The van der Waals surface area contributed by atoms with Crippen LogP contribution in [-0.4, -0.2) is 26.1 Å². The molecular weight excluding hydrogens is 238 g/mol. The maximum absolute atomic E-state index is 11.3. The highest BCUT2D eigenvalue weighted by Gasteiger charge is 2.42. The van der Waals surface area contributed by atoms with Gasteiger partial charge < -0.3 is 5.73 Å². The summed E-state index contributed by atoms with van der Waals surface area (Å²) < 4.78 is 1.54. The number of nitrogens with one attached hydrogen (secondary N) is 1. The van der Waals surface area contributed by atoms with Crippen LogP contribution in [0.15, 0.2) is 9.95 Å². The predicted octanol–water partition coefficient (Wildman–Crippen LogP) is 0.314. The average Bonchev–Trinajstić information content (AvgIpc) is 3.12. The predicted molar refractivity (Wildman–Crippen MR) is 64.5 cm³/mol. The Hall–Kier alpha value is -1.26. The van der Waals surface area contributed by atoms with E-state index in [0.717, 1.165) is 12.8 Å². The van der Waals surface area contributed by atoms with Gasteiger partial charge >= 0.3 is 5.69 Å². The van der Waals surface area contributed by atoms with E-state index in [9.17, 15) is 4.79 Å². The van der Waals surface area contributed by atoms with Gasteiger partial charge in [0.15, 0.2) is 5.16 Å². The van der Waals surface area contributed by atoms with Crippen molar-refractivity contribution in [1.29, 1.82) is 5.26 Å². The van der Waals surface area contributed by atoms with E-state index in [1.165, 1.54) is 16.3 Å². The summed E-state index contributed by atoms with van der Waals surface area (Å²) >= 11 is 1.37. The van der Waals surface area contributed by atoms with Crippen LogP contribution in [-0.2, 0) is 6.54 Å². The third-order valence-electron chi connectivity index (χ3n) is 2.99. The van der Waals surface area contributed by atoms with Crippen LogP contribution in [0.2, 0.25) is 0 Å². The first kappa shape index (κ1) is 12.2. The number of hydrogen-bond acceptors (Lipinski definition) is 5. The number of aromatic amines is 1. The molecule has 92 valence electrons. The Bertz CT molecular complexity index is 498. The summed E-state index contributed by atoms with van der Waals surface area (Å²) in [7, 11) is 0. The summed E-state index contributed by atoms with van der Waals surface area (Å²) in [4.78, 5) is 11.3. The smallest absolute Gasteiger partial charge is 0.312 e. The summed E-state index contributed by atoms with van der Waals surface area (Å²) in [5, 5.41) is 16.0. The van der Waals surface area contributed by atoms with Gasteiger partial charge in [0, 0.05) is 12.3 Å². The zero-order valence-corrected chi connectivity index (χ0v) is 10.5. The van der Waals surface area contributed by atoms with Gasteiger partial charge in [-0.05, 0) is 25.7 Å². The molecule has 7 heteroatoms. The van der Waals surface area contributed by atoms with E-state index in [1.54, 1.807) is 0 Å². The van der Waals surface area contributed by atoms with Crippen LogP contribution < -0.4 is 11.4 Å². The maximum atomic E-state index is 11.3. The minimum absolute atomic E-state index is 0.221. The van der Waals surface area contributed by atoms with Crippen molar-refractivity contribution < 1.29 is 0 Å². The number of thioether (sulfide) groups is 1. The fraction of sp³-hybridized carbons (Fsp3) is 0.700. The van der Waals surface area contributed by atoms with Crippen molar-refractivity contribution in [3.63, 3.8) is 0 Å². The molecule has 2 rings (SSSR count). The highest BCUT2D eigenvalue weighted by atomic mass is 32.2. The van der Waals surface area contributed by atoms with Crippen LogP contribution in [0, 0.1) is 17.2 Å². The van der Waals surface area contributed by atoms with Gasteiger partial charge in [0.05, 0.1) is 6.07 Å². The van der Waals surface area contributed by atoms with Crippen molar-refractivity contribution in [3.8, 4) is 6.07 Å². The molecule has 0 aliphatic heterocycles. The minimum atomic E-state index is -0.793. The minimum Gasteiger partial charge on any atom is -0.312 e. The second kappa shape index (κ2) is 4.55. The average molecular weight is 253 g/mol. The van der Waals surface area contributed by atoms with Crippen molar-refractivity contribution in [2.75, 3.05) is 5.75 Å². The number of nitriles is 1. The Kier molecular flexibility index (Phi) is 3.26. The Morgan fingerprint density at radius 2 is 2.47 bits per heavy atom. The molecule has 1 aromatic heterocycles. The lowest BCUT2D eigenvalue weighted by Crippen LogP contribution is -2.43. The van der Waals surface area contributed by atoms with Crippen molar-refractivity contribution in [2.45, 2.75) is 37.0 Å². The summed E-state index contributed by atoms with van der Waals surface area (Å²) in [5.41, 5.74) is 5.03. The first-order chi connectivity index (χ1) is 8.10. The van der Waals surface area contributed by atoms with E-state index in [2.05, 4.69) is 16.3 Å². The standard InChI is InChI=1S/C10H15N5OS/c1-2-15-8(16)13-14-9(15)17-6-10(12,5-11)7-3-4-7/h7H,2-4,6,12H2,1H3,(H,13,16). The largest absolute Gasteiger partial charge is 0.343 e. The van der Waals surface area contributed by atoms with Gasteiger partial charge in [-0.2, -0.15) is 5.26 Å². The van der Waals surface area contributed by atoms with E-state index >= 15 is 0 Å². The third-order valence-corrected chi connectivity index (χ3v) is 4.19. The topological polar surface area (TPSA) is 100 Å². The van der Waals surface area contributed by atoms with Crippen LogP contribution in [0.3, 0.4) is 0 Å². The molecule has 17 heavy (non-hydrogen) atoms. The summed E-state index contributed by atoms with van der Waals surface area (Å²) in [6, 6.07) is 2.19. The first-order valence-corrected chi connectivity index (χ1v) is 6.57. The number of rotatable bonds is 5. The molecule has 1 heterocycles.